The zero-order valence-corrected chi connectivity index (χ0v) is 11.4. The Hall–Kier alpha value is -2.21. The molecule has 0 aliphatic rings. The van der Waals surface area contributed by atoms with Gasteiger partial charge < -0.3 is 14.8 Å². The van der Waals surface area contributed by atoms with E-state index in [0.717, 1.165) is 5.56 Å². The Kier molecular flexibility index (Phi) is 4.47. The van der Waals surface area contributed by atoms with Crippen molar-refractivity contribution >= 4 is 5.91 Å². The largest absolute Gasteiger partial charge is 0.423 e. The van der Waals surface area contributed by atoms with Gasteiger partial charge in [0.15, 0.2) is 0 Å². The maximum absolute atomic E-state index is 12.0. The fourth-order valence-electron chi connectivity index (χ4n) is 1.74. The first kappa shape index (κ1) is 14.2. The molecule has 1 amide bonds. The molecular weight excluding hydrogens is 258 g/mol. The lowest BCUT2D eigenvalue weighted by atomic mass is 10.0. The van der Waals surface area contributed by atoms with Crippen molar-refractivity contribution in [3.05, 3.63) is 36.2 Å². The molecule has 6 heteroatoms. The van der Waals surface area contributed by atoms with Crippen LogP contribution in [0.4, 0.5) is 0 Å². The molecule has 2 rings (SSSR count). The Labute approximate surface area is 116 Å². The molecule has 1 aromatic heterocycles. The van der Waals surface area contributed by atoms with Crippen molar-refractivity contribution in [2.45, 2.75) is 19.9 Å². The Morgan fingerprint density at radius 1 is 1.35 bits per heavy atom. The lowest BCUT2D eigenvalue weighted by Crippen LogP contribution is -2.41. The predicted octanol–water partition coefficient (Wildman–Crippen LogP) is 1.48. The summed E-state index contributed by atoms with van der Waals surface area (Å²) in [5, 5.41) is 19.4. The van der Waals surface area contributed by atoms with Crippen LogP contribution in [0.5, 0.6) is 0 Å². The molecule has 0 bridgehead atoms. The van der Waals surface area contributed by atoms with Gasteiger partial charge in [-0.05, 0) is 30.2 Å². The second-order valence-electron chi connectivity index (χ2n) is 4.83. The minimum absolute atomic E-state index is 0.0799. The molecule has 1 atom stereocenters. The van der Waals surface area contributed by atoms with Gasteiger partial charge in [-0.25, -0.2) is 0 Å². The summed E-state index contributed by atoms with van der Waals surface area (Å²) in [6.07, 6.45) is 1.25. The third-order valence-electron chi connectivity index (χ3n) is 3.07. The highest BCUT2D eigenvalue weighted by atomic mass is 16.4. The molecular formula is C14H17N3O3. The first-order valence-electron chi connectivity index (χ1n) is 6.40. The summed E-state index contributed by atoms with van der Waals surface area (Å²) in [6, 6.07) is 6.60. The van der Waals surface area contributed by atoms with Crippen molar-refractivity contribution in [3.8, 4) is 11.5 Å². The van der Waals surface area contributed by atoms with Gasteiger partial charge in [0.05, 0.1) is 12.6 Å². The number of rotatable bonds is 5. The molecule has 0 fully saturated rings. The van der Waals surface area contributed by atoms with Crippen LogP contribution in [-0.4, -0.2) is 33.9 Å². The van der Waals surface area contributed by atoms with Crippen molar-refractivity contribution in [1.82, 2.24) is 15.5 Å². The van der Waals surface area contributed by atoms with Crippen LogP contribution >= 0.6 is 0 Å². The van der Waals surface area contributed by atoms with Gasteiger partial charge in [0.25, 0.3) is 5.91 Å². The lowest BCUT2D eigenvalue weighted by Gasteiger charge is -2.19. The molecule has 0 saturated carbocycles. The van der Waals surface area contributed by atoms with Crippen LogP contribution in [0.25, 0.3) is 11.5 Å². The number of aromatic nitrogens is 2. The fourth-order valence-corrected chi connectivity index (χ4v) is 1.74. The van der Waals surface area contributed by atoms with Crippen molar-refractivity contribution in [2.75, 3.05) is 6.61 Å². The van der Waals surface area contributed by atoms with Crippen LogP contribution in [-0.2, 0) is 0 Å². The Morgan fingerprint density at radius 3 is 2.55 bits per heavy atom. The van der Waals surface area contributed by atoms with Crippen LogP contribution in [0.1, 0.15) is 24.2 Å². The highest BCUT2D eigenvalue weighted by molar-refractivity contribution is 5.94. The Morgan fingerprint density at radius 2 is 2.05 bits per heavy atom. The lowest BCUT2D eigenvalue weighted by molar-refractivity contribution is 0.0897. The number of amides is 1. The van der Waals surface area contributed by atoms with Crippen molar-refractivity contribution in [1.29, 1.82) is 0 Å². The summed E-state index contributed by atoms with van der Waals surface area (Å²) in [5.41, 5.74) is 1.27. The van der Waals surface area contributed by atoms with E-state index in [0.29, 0.717) is 11.5 Å². The van der Waals surface area contributed by atoms with E-state index in [1.54, 1.807) is 24.3 Å². The second kappa shape index (κ2) is 6.29. The molecule has 2 N–H and O–H groups in total. The van der Waals surface area contributed by atoms with Gasteiger partial charge in [0.1, 0.15) is 0 Å². The number of hydrogen-bond donors (Lipinski definition) is 2. The monoisotopic (exact) mass is 275 g/mol. The maximum atomic E-state index is 12.0. The first-order chi connectivity index (χ1) is 9.61. The van der Waals surface area contributed by atoms with E-state index < -0.39 is 0 Å². The minimum atomic E-state index is -0.252. The van der Waals surface area contributed by atoms with Gasteiger partial charge in [-0.1, -0.05) is 13.8 Å². The summed E-state index contributed by atoms with van der Waals surface area (Å²) >= 11 is 0. The van der Waals surface area contributed by atoms with E-state index in [1.165, 1.54) is 6.39 Å². The maximum Gasteiger partial charge on any atom is 0.251 e. The summed E-state index contributed by atoms with van der Waals surface area (Å²) in [6.45, 7) is 3.81. The molecule has 0 aliphatic carbocycles. The molecule has 1 heterocycles. The first-order valence-corrected chi connectivity index (χ1v) is 6.40. The summed E-state index contributed by atoms with van der Waals surface area (Å²) < 4.78 is 5.08. The highest BCUT2D eigenvalue weighted by Crippen LogP contribution is 2.16. The average Bonchev–Trinajstić information content (AvgIpc) is 2.98. The van der Waals surface area contributed by atoms with Gasteiger partial charge in [0.2, 0.25) is 12.3 Å². The van der Waals surface area contributed by atoms with Gasteiger partial charge in [0, 0.05) is 11.1 Å². The predicted molar refractivity (Wildman–Crippen MR) is 72.9 cm³/mol. The zero-order valence-electron chi connectivity index (χ0n) is 11.4. The Balaban J connectivity index is 2.08. The fraction of sp³-hybridized carbons (Fsp3) is 0.357. The molecule has 20 heavy (non-hydrogen) atoms. The van der Waals surface area contributed by atoms with E-state index in [-0.39, 0.29) is 24.5 Å². The topological polar surface area (TPSA) is 88.2 Å². The summed E-state index contributed by atoms with van der Waals surface area (Å²) in [4.78, 5) is 12.0. The standard InChI is InChI=1S/C14H17N3O3/c1-9(2)12(7-18)16-13(19)10-3-5-11(6-4-10)14-17-15-8-20-14/h3-6,8-9,12,18H,7H2,1-2H3,(H,16,19). The summed E-state index contributed by atoms with van der Waals surface area (Å²) in [5.74, 6) is 0.365. The minimum Gasteiger partial charge on any atom is -0.423 e. The molecule has 0 spiro atoms. The summed E-state index contributed by atoms with van der Waals surface area (Å²) in [7, 11) is 0. The zero-order chi connectivity index (χ0) is 14.5. The van der Waals surface area contributed by atoms with E-state index in [4.69, 9.17) is 4.42 Å². The average molecular weight is 275 g/mol. The number of carbonyl (C=O) groups excluding carboxylic acids is 1. The number of hydrogen-bond acceptors (Lipinski definition) is 5. The van der Waals surface area contributed by atoms with Crippen molar-refractivity contribution in [3.63, 3.8) is 0 Å². The number of aliphatic hydroxyl groups is 1. The quantitative estimate of drug-likeness (QED) is 0.863. The number of benzene rings is 1. The normalized spacial score (nSPS) is 12.4. The second-order valence-corrected chi connectivity index (χ2v) is 4.83. The SMILES string of the molecule is CC(C)C(CO)NC(=O)c1ccc(-c2nnco2)cc1. The number of aliphatic hydroxyl groups excluding tert-OH is 1. The van der Waals surface area contributed by atoms with E-state index in [9.17, 15) is 9.90 Å². The van der Waals surface area contributed by atoms with Gasteiger partial charge in [-0.15, -0.1) is 10.2 Å². The molecule has 1 unspecified atom stereocenters. The van der Waals surface area contributed by atoms with Crippen LogP contribution in [0, 0.1) is 5.92 Å². The van der Waals surface area contributed by atoms with E-state index in [2.05, 4.69) is 15.5 Å². The molecule has 0 aliphatic heterocycles. The third kappa shape index (κ3) is 3.21. The third-order valence-corrected chi connectivity index (χ3v) is 3.07. The molecule has 1 aromatic carbocycles. The highest BCUT2D eigenvalue weighted by Gasteiger charge is 2.16. The number of nitrogens with one attached hydrogen (secondary N) is 1. The smallest absolute Gasteiger partial charge is 0.251 e. The molecule has 2 aromatic rings. The van der Waals surface area contributed by atoms with E-state index in [1.807, 2.05) is 13.8 Å². The van der Waals surface area contributed by atoms with Crippen LogP contribution in [0.2, 0.25) is 0 Å². The Bertz CT molecular complexity index is 550. The molecule has 6 nitrogen and oxygen atoms in total. The molecule has 106 valence electrons. The van der Waals surface area contributed by atoms with Crippen molar-refractivity contribution < 1.29 is 14.3 Å². The molecule has 0 saturated heterocycles. The number of nitrogens with zero attached hydrogens (tertiary/aromatic N) is 2. The van der Waals surface area contributed by atoms with Gasteiger partial charge in [-0.3, -0.25) is 4.79 Å². The van der Waals surface area contributed by atoms with E-state index >= 15 is 0 Å². The molecule has 0 radical (unpaired) electrons. The van der Waals surface area contributed by atoms with Crippen molar-refractivity contribution in [2.24, 2.45) is 5.92 Å². The van der Waals surface area contributed by atoms with Crippen LogP contribution in [0.15, 0.2) is 35.1 Å². The van der Waals surface area contributed by atoms with Crippen LogP contribution < -0.4 is 5.32 Å². The van der Waals surface area contributed by atoms with Crippen LogP contribution in [0.3, 0.4) is 0 Å². The van der Waals surface area contributed by atoms with Gasteiger partial charge >= 0.3 is 0 Å². The van der Waals surface area contributed by atoms with Gasteiger partial charge in [-0.2, -0.15) is 0 Å². The number of carbonyl (C=O) groups is 1.